The summed E-state index contributed by atoms with van der Waals surface area (Å²) in [5.74, 6) is -8.76. The van der Waals surface area contributed by atoms with E-state index in [2.05, 4.69) is 25.2 Å². The van der Waals surface area contributed by atoms with Gasteiger partial charge in [-0.25, -0.2) is 26.0 Å². The molecule has 0 fully saturated rings. The first-order valence-electron chi connectivity index (χ1n) is 15.5. The Hall–Kier alpha value is -5.10. The summed E-state index contributed by atoms with van der Waals surface area (Å²) < 4.78 is 116. The number of hydrogen-bond acceptors (Lipinski definition) is 7. The van der Waals surface area contributed by atoms with Crippen LogP contribution in [-0.2, 0) is 40.8 Å². The quantitative estimate of drug-likeness (QED) is 0.114. The van der Waals surface area contributed by atoms with Gasteiger partial charge in [-0.3, -0.25) is 23.9 Å². The van der Waals surface area contributed by atoms with Crippen LogP contribution in [0.3, 0.4) is 0 Å². The molecule has 0 aliphatic heterocycles. The van der Waals surface area contributed by atoms with Crippen LogP contribution in [0.4, 0.5) is 37.8 Å². The summed E-state index contributed by atoms with van der Waals surface area (Å²) in [4.78, 5) is 18.2. The first-order valence-corrected chi connectivity index (χ1v) is 17.8. The number of benzene rings is 2. The topological polar surface area (TPSA) is 150 Å². The molecular weight excluding hydrogens is 738 g/mol. The minimum Gasteiger partial charge on any atom is -0.397 e. The molecule has 5 aromatic rings. The Morgan fingerprint density at radius 2 is 1.77 bits per heavy atom. The summed E-state index contributed by atoms with van der Waals surface area (Å²) >= 11 is 6.51. The number of sulfonamides is 1. The average Bonchev–Trinajstić information content (AvgIpc) is 3.57. The highest BCUT2D eigenvalue weighted by atomic mass is 35.5. The number of carbonyl (C=O) groups is 1. The van der Waals surface area contributed by atoms with Crippen molar-refractivity contribution in [3.8, 4) is 11.1 Å². The zero-order chi connectivity index (χ0) is 37.4. The number of pyridine rings is 1. The molecule has 0 unspecified atom stereocenters. The first-order chi connectivity index (χ1) is 24.4. The lowest BCUT2D eigenvalue weighted by Crippen LogP contribution is -2.35. The number of anilines is 2. The molecule has 1 amide bonds. The van der Waals surface area contributed by atoms with Gasteiger partial charge in [0, 0.05) is 35.7 Å². The van der Waals surface area contributed by atoms with Crippen LogP contribution < -0.4 is 15.8 Å². The highest BCUT2D eigenvalue weighted by molar-refractivity contribution is 7.92. The van der Waals surface area contributed by atoms with Gasteiger partial charge in [-0.1, -0.05) is 29.8 Å². The van der Waals surface area contributed by atoms with Crippen molar-refractivity contribution in [3.63, 3.8) is 0 Å². The molecule has 3 heterocycles. The molecule has 272 valence electrons. The van der Waals surface area contributed by atoms with Gasteiger partial charge in [0.25, 0.3) is 12.3 Å². The van der Waals surface area contributed by atoms with Gasteiger partial charge in [0.2, 0.25) is 15.9 Å². The van der Waals surface area contributed by atoms with Crippen LogP contribution in [0.2, 0.25) is 5.02 Å². The van der Waals surface area contributed by atoms with Crippen LogP contribution in [0.25, 0.3) is 22.0 Å². The lowest BCUT2D eigenvalue weighted by molar-refractivity contribution is -0.123. The number of nitrogens with zero attached hydrogens (tertiary/aromatic N) is 5. The minimum absolute atomic E-state index is 0.0722. The molecule has 4 N–H and O–H groups in total. The zero-order valence-electron chi connectivity index (χ0n) is 27.0. The van der Waals surface area contributed by atoms with E-state index >= 15 is 8.78 Å². The van der Waals surface area contributed by atoms with E-state index in [1.807, 2.05) is 0 Å². The number of fused-ring (bicyclic) bond motifs is 4. The van der Waals surface area contributed by atoms with E-state index in [9.17, 15) is 30.8 Å². The fraction of sp³-hybridized carbons (Fsp3) is 0.273. The highest BCUT2D eigenvalue weighted by Gasteiger charge is 2.60. The van der Waals surface area contributed by atoms with Crippen molar-refractivity contribution >= 4 is 49.9 Å². The fourth-order valence-electron chi connectivity index (χ4n) is 6.95. The summed E-state index contributed by atoms with van der Waals surface area (Å²) in [6.45, 7) is -0.907. The highest BCUT2D eigenvalue weighted by Crippen LogP contribution is 2.60. The van der Waals surface area contributed by atoms with E-state index in [-0.39, 0.29) is 50.7 Å². The SMILES string of the molecule is Cn1nc(NS(C)(=O)=O)c2c(Cl)ccc(-c3cc(N)cnc3[C@H](Cc3cc(F)cc(F)c3)NC(=O)Cn3nc(C(F)F)c4c3C(F)(F)[C@@H]3C=C[C@H]43)c21. The lowest BCUT2D eigenvalue weighted by atomic mass is 9.81. The maximum Gasteiger partial charge on any atom is 0.296 e. The molecule has 3 aromatic heterocycles. The van der Waals surface area contributed by atoms with E-state index in [0.717, 1.165) is 18.4 Å². The second-order valence-corrected chi connectivity index (χ2v) is 14.8. The number of allylic oxidation sites excluding steroid dienone is 2. The third-order valence-electron chi connectivity index (χ3n) is 8.97. The number of halogens is 7. The maximum atomic E-state index is 15.4. The molecule has 0 bridgehead atoms. The Labute approximate surface area is 296 Å². The first kappa shape index (κ1) is 35.3. The molecule has 2 aromatic carbocycles. The summed E-state index contributed by atoms with van der Waals surface area (Å²) in [6.07, 6.45) is 1.33. The monoisotopic (exact) mass is 764 g/mol. The van der Waals surface area contributed by atoms with Crippen molar-refractivity contribution in [1.82, 2.24) is 29.9 Å². The van der Waals surface area contributed by atoms with Crippen molar-refractivity contribution in [1.29, 1.82) is 0 Å². The Morgan fingerprint density at radius 3 is 2.40 bits per heavy atom. The fourth-order valence-corrected chi connectivity index (χ4v) is 7.68. The van der Waals surface area contributed by atoms with Crippen molar-refractivity contribution in [2.75, 3.05) is 16.7 Å². The summed E-state index contributed by atoms with van der Waals surface area (Å²) in [6, 6.07) is 6.00. The number of nitrogen functional groups attached to an aromatic ring is 1. The standard InChI is InChI=1S/C33H27ClF6N8O3S/c1-47-29-18(4-6-22(34)26(29)32(45-47)46-52(2,50)51)20-11-17(41)12-42-27(20)23(9-14-7-15(35)10-16(36)8-14)43-24(49)13-48-30-25(28(44-48)31(37)38)19-3-5-21(19)33(30,39)40/h3-8,10-12,19,21,23,31H,9,13,41H2,1-2H3,(H,43,49)(H,45,46)/t19-,21+,23-/m0/s1. The van der Waals surface area contributed by atoms with Crippen LogP contribution in [0, 0.1) is 17.6 Å². The molecule has 2 aliphatic carbocycles. The number of alkyl halides is 4. The molecule has 19 heteroatoms. The van der Waals surface area contributed by atoms with Gasteiger partial charge in [-0.15, -0.1) is 0 Å². The van der Waals surface area contributed by atoms with Crippen molar-refractivity contribution in [2.24, 2.45) is 13.0 Å². The summed E-state index contributed by atoms with van der Waals surface area (Å²) in [5.41, 5.74) is 5.43. The Balaban J connectivity index is 1.33. The van der Waals surface area contributed by atoms with E-state index < -0.39 is 75.7 Å². The van der Waals surface area contributed by atoms with E-state index in [4.69, 9.17) is 17.3 Å². The van der Waals surface area contributed by atoms with Gasteiger partial charge < -0.3 is 11.1 Å². The molecule has 2 aliphatic rings. The molecule has 3 atom stereocenters. The van der Waals surface area contributed by atoms with Crippen LogP contribution >= 0.6 is 11.6 Å². The Kier molecular flexibility index (Phi) is 8.52. The summed E-state index contributed by atoms with van der Waals surface area (Å²) in [5, 5.41) is 11.0. The second-order valence-electron chi connectivity index (χ2n) is 12.6. The number of aromatic nitrogens is 5. The molecule has 52 heavy (non-hydrogen) atoms. The van der Waals surface area contributed by atoms with Crippen LogP contribution in [0.1, 0.15) is 46.6 Å². The number of nitrogens with one attached hydrogen (secondary N) is 2. The van der Waals surface area contributed by atoms with Gasteiger partial charge >= 0.3 is 0 Å². The van der Waals surface area contributed by atoms with Crippen molar-refractivity contribution in [3.05, 3.63) is 99.6 Å². The second kappa shape index (κ2) is 12.5. The number of hydrogen-bond donors (Lipinski definition) is 3. The minimum atomic E-state index is -3.80. The smallest absolute Gasteiger partial charge is 0.296 e. The Bertz CT molecular complexity index is 2410. The van der Waals surface area contributed by atoms with Gasteiger partial charge in [0.15, 0.2) is 5.82 Å². The molecule has 0 saturated heterocycles. The molecular formula is C33H27ClF6N8O3S. The Morgan fingerprint density at radius 1 is 1.06 bits per heavy atom. The normalized spacial score (nSPS) is 18.0. The van der Waals surface area contributed by atoms with Crippen LogP contribution in [0.15, 0.2) is 54.7 Å². The lowest BCUT2D eigenvalue weighted by Gasteiger charge is -2.27. The molecule has 7 rings (SSSR count). The maximum absolute atomic E-state index is 15.4. The summed E-state index contributed by atoms with van der Waals surface area (Å²) in [7, 11) is -2.28. The van der Waals surface area contributed by atoms with E-state index in [0.29, 0.717) is 21.8 Å². The molecule has 0 spiro atoms. The largest absolute Gasteiger partial charge is 0.397 e. The van der Waals surface area contributed by atoms with Gasteiger partial charge in [0.05, 0.1) is 51.7 Å². The number of aryl methyl sites for hydroxylation is 1. The van der Waals surface area contributed by atoms with Gasteiger partial charge in [-0.05, 0) is 36.2 Å². The van der Waals surface area contributed by atoms with Crippen LogP contribution in [-0.4, -0.2) is 45.1 Å². The van der Waals surface area contributed by atoms with E-state index in [1.165, 1.54) is 42.2 Å². The van der Waals surface area contributed by atoms with Gasteiger partial charge in [0.1, 0.15) is 29.6 Å². The van der Waals surface area contributed by atoms with Crippen molar-refractivity contribution < 1.29 is 39.6 Å². The molecule has 0 saturated carbocycles. The third kappa shape index (κ3) is 6.12. The zero-order valence-corrected chi connectivity index (χ0v) is 28.6. The predicted octanol–water partition coefficient (Wildman–Crippen LogP) is 6.13. The number of nitrogens with two attached hydrogens (primary N) is 1. The molecule has 11 nitrogen and oxygen atoms in total. The van der Waals surface area contributed by atoms with E-state index in [1.54, 1.807) is 6.07 Å². The third-order valence-corrected chi connectivity index (χ3v) is 9.85. The average molecular weight is 765 g/mol. The molecule has 0 radical (unpaired) electrons. The number of amides is 1. The number of carbonyl (C=O) groups excluding carboxylic acids is 1. The van der Waals surface area contributed by atoms with Gasteiger partial charge in [-0.2, -0.15) is 19.0 Å². The van der Waals surface area contributed by atoms with Crippen molar-refractivity contribution in [2.45, 2.75) is 37.3 Å². The predicted molar refractivity (Wildman–Crippen MR) is 179 cm³/mol. The number of rotatable bonds is 10. The van der Waals surface area contributed by atoms with Crippen LogP contribution in [0.5, 0.6) is 0 Å².